The number of hydrogen-bond donors (Lipinski definition) is 1. The first-order valence-electron chi connectivity index (χ1n) is 9.38. The Bertz CT molecular complexity index is 362. The van der Waals surface area contributed by atoms with Gasteiger partial charge >= 0.3 is 0 Å². The van der Waals surface area contributed by atoms with Crippen LogP contribution in [-0.2, 0) is 14.3 Å². The largest absolute Gasteiger partial charge is 0.379 e. The molecule has 0 aliphatic carbocycles. The van der Waals surface area contributed by atoms with Crippen LogP contribution in [0.4, 0.5) is 0 Å². The smallest absolute Gasteiger partial charge is 0.224 e. The van der Waals surface area contributed by atoms with E-state index in [1.54, 1.807) is 0 Å². The average molecular weight is 339 g/mol. The Morgan fingerprint density at radius 2 is 1.71 bits per heavy atom. The maximum Gasteiger partial charge on any atom is 0.224 e. The van der Waals surface area contributed by atoms with Crippen molar-refractivity contribution in [2.45, 2.75) is 39.0 Å². The van der Waals surface area contributed by atoms with Crippen molar-refractivity contribution in [2.24, 2.45) is 11.8 Å². The van der Waals surface area contributed by atoms with Crippen molar-refractivity contribution in [2.75, 3.05) is 53.0 Å². The summed E-state index contributed by atoms with van der Waals surface area (Å²) in [6.45, 7) is 7.43. The zero-order valence-corrected chi connectivity index (χ0v) is 15.3. The van der Waals surface area contributed by atoms with Crippen LogP contribution in [0.15, 0.2) is 0 Å². The number of piperidine rings is 2. The highest BCUT2D eigenvalue weighted by atomic mass is 16.5. The van der Waals surface area contributed by atoms with E-state index in [4.69, 9.17) is 4.74 Å². The van der Waals surface area contributed by atoms with E-state index < -0.39 is 0 Å². The summed E-state index contributed by atoms with van der Waals surface area (Å²) >= 11 is 0. The average Bonchev–Trinajstić information content (AvgIpc) is 2.58. The summed E-state index contributed by atoms with van der Waals surface area (Å²) in [6, 6.07) is 0. The Hall–Kier alpha value is -1.14. The van der Waals surface area contributed by atoms with E-state index in [1.807, 2.05) is 4.90 Å². The van der Waals surface area contributed by atoms with Crippen LogP contribution < -0.4 is 5.32 Å². The maximum atomic E-state index is 12.1. The molecule has 2 amide bonds. The minimum Gasteiger partial charge on any atom is -0.379 e. The lowest BCUT2D eigenvalue weighted by Gasteiger charge is -2.30. The molecule has 2 saturated heterocycles. The van der Waals surface area contributed by atoms with E-state index in [1.165, 1.54) is 0 Å². The molecular formula is C18H33N3O3. The van der Waals surface area contributed by atoms with Crippen LogP contribution in [0.5, 0.6) is 0 Å². The Labute approximate surface area is 145 Å². The molecule has 1 N–H and O–H groups in total. The topological polar surface area (TPSA) is 61.9 Å². The van der Waals surface area contributed by atoms with Gasteiger partial charge in [0.25, 0.3) is 0 Å². The number of likely N-dealkylation sites (tertiary alicyclic amines) is 2. The normalized spacial score (nSPS) is 21.0. The number of carbonyl (C=O) groups excluding carboxylic acids is 2. The molecule has 0 saturated carbocycles. The quantitative estimate of drug-likeness (QED) is 0.706. The van der Waals surface area contributed by atoms with Crippen LogP contribution in [0, 0.1) is 11.8 Å². The fourth-order valence-electron chi connectivity index (χ4n) is 3.34. The molecule has 2 aliphatic rings. The molecule has 0 spiro atoms. The first kappa shape index (κ1) is 19.2. The number of hydrogen-bond acceptors (Lipinski definition) is 4. The van der Waals surface area contributed by atoms with E-state index in [-0.39, 0.29) is 17.7 Å². The lowest BCUT2D eigenvalue weighted by molar-refractivity contribution is -0.134. The van der Waals surface area contributed by atoms with Crippen molar-refractivity contribution >= 4 is 11.8 Å². The standard InChI is InChI=1S/C18H33N3O3/c1-15-3-11-21(12-4-15)17(22)7-13-24-14-8-19-18(23)16-5-9-20(2)10-6-16/h15-16H,3-14H2,1-2H3,(H,19,23). The van der Waals surface area contributed by atoms with E-state index in [2.05, 4.69) is 24.2 Å². The summed E-state index contributed by atoms with van der Waals surface area (Å²) in [7, 11) is 2.09. The summed E-state index contributed by atoms with van der Waals surface area (Å²) < 4.78 is 5.50. The molecule has 2 aliphatic heterocycles. The Morgan fingerprint density at radius 3 is 2.38 bits per heavy atom. The number of ether oxygens (including phenoxy) is 1. The zero-order chi connectivity index (χ0) is 17.4. The van der Waals surface area contributed by atoms with Crippen molar-refractivity contribution in [1.29, 1.82) is 0 Å². The van der Waals surface area contributed by atoms with Gasteiger partial charge in [-0.3, -0.25) is 9.59 Å². The van der Waals surface area contributed by atoms with E-state index in [0.717, 1.165) is 57.8 Å². The first-order valence-corrected chi connectivity index (χ1v) is 9.38. The summed E-state index contributed by atoms with van der Waals surface area (Å²) in [4.78, 5) is 28.3. The molecule has 0 aromatic rings. The fourth-order valence-corrected chi connectivity index (χ4v) is 3.34. The molecule has 138 valence electrons. The van der Waals surface area contributed by atoms with Gasteiger partial charge in [-0.2, -0.15) is 0 Å². The second-order valence-corrected chi connectivity index (χ2v) is 7.29. The molecule has 24 heavy (non-hydrogen) atoms. The number of nitrogens with one attached hydrogen (secondary N) is 1. The molecule has 0 unspecified atom stereocenters. The van der Waals surface area contributed by atoms with E-state index in [9.17, 15) is 9.59 Å². The van der Waals surface area contributed by atoms with Crippen molar-refractivity contribution < 1.29 is 14.3 Å². The molecule has 0 radical (unpaired) electrons. The van der Waals surface area contributed by atoms with Crippen molar-refractivity contribution in [1.82, 2.24) is 15.1 Å². The molecular weight excluding hydrogens is 306 g/mol. The highest BCUT2D eigenvalue weighted by Gasteiger charge is 2.23. The van der Waals surface area contributed by atoms with Crippen LogP contribution in [0.2, 0.25) is 0 Å². The number of carbonyl (C=O) groups is 2. The third kappa shape index (κ3) is 6.40. The lowest BCUT2D eigenvalue weighted by Crippen LogP contribution is -2.40. The van der Waals surface area contributed by atoms with Crippen molar-refractivity contribution in [3.05, 3.63) is 0 Å². The monoisotopic (exact) mass is 339 g/mol. The number of amides is 2. The van der Waals surface area contributed by atoms with Crippen LogP contribution in [0.1, 0.15) is 39.0 Å². The highest BCUT2D eigenvalue weighted by Crippen LogP contribution is 2.17. The van der Waals surface area contributed by atoms with E-state index in [0.29, 0.717) is 26.2 Å². The Morgan fingerprint density at radius 1 is 1.04 bits per heavy atom. The third-order valence-corrected chi connectivity index (χ3v) is 5.23. The van der Waals surface area contributed by atoms with Gasteiger partial charge in [0.1, 0.15) is 0 Å². The van der Waals surface area contributed by atoms with Crippen LogP contribution >= 0.6 is 0 Å². The van der Waals surface area contributed by atoms with Crippen LogP contribution in [0.3, 0.4) is 0 Å². The van der Waals surface area contributed by atoms with E-state index >= 15 is 0 Å². The van der Waals surface area contributed by atoms with Crippen molar-refractivity contribution in [3.63, 3.8) is 0 Å². The molecule has 2 rings (SSSR count). The Balaban J connectivity index is 1.48. The second-order valence-electron chi connectivity index (χ2n) is 7.29. The lowest BCUT2D eigenvalue weighted by atomic mass is 9.96. The molecule has 0 atom stereocenters. The van der Waals surface area contributed by atoms with Gasteiger partial charge in [-0.15, -0.1) is 0 Å². The predicted octanol–water partition coefficient (Wildman–Crippen LogP) is 1.11. The molecule has 2 fully saturated rings. The fraction of sp³-hybridized carbons (Fsp3) is 0.889. The van der Waals surface area contributed by atoms with Crippen molar-refractivity contribution in [3.8, 4) is 0 Å². The van der Waals surface area contributed by atoms with Gasteiger partial charge in [-0.05, 0) is 51.7 Å². The first-order chi connectivity index (χ1) is 11.6. The summed E-state index contributed by atoms with van der Waals surface area (Å²) in [5.41, 5.74) is 0. The molecule has 2 heterocycles. The minimum atomic E-state index is 0.143. The van der Waals surface area contributed by atoms with Gasteiger partial charge in [0.15, 0.2) is 0 Å². The third-order valence-electron chi connectivity index (χ3n) is 5.23. The van der Waals surface area contributed by atoms with Gasteiger partial charge in [0.05, 0.1) is 19.6 Å². The molecule has 0 aromatic heterocycles. The summed E-state index contributed by atoms with van der Waals surface area (Å²) in [5, 5.41) is 2.95. The summed E-state index contributed by atoms with van der Waals surface area (Å²) in [5.74, 6) is 1.21. The van der Waals surface area contributed by atoms with Gasteiger partial charge in [-0.1, -0.05) is 6.92 Å². The minimum absolute atomic E-state index is 0.143. The molecule has 6 heteroatoms. The highest BCUT2D eigenvalue weighted by molar-refractivity contribution is 5.78. The van der Waals surface area contributed by atoms with Gasteiger partial charge in [0, 0.05) is 25.6 Å². The SMILES string of the molecule is CC1CCN(C(=O)CCOCCNC(=O)C2CCN(C)CC2)CC1. The van der Waals surface area contributed by atoms with Gasteiger partial charge in [-0.25, -0.2) is 0 Å². The predicted molar refractivity (Wildman–Crippen MR) is 93.6 cm³/mol. The maximum absolute atomic E-state index is 12.1. The second kappa shape index (κ2) is 9.99. The van der Waals surface area contributed by atoms with Crippen LogP contribution in [-0.4, -0.2) is 74.6 Å². The summed E-state index contributed by atoms with van der Waals surface area (Å²) in [6.07, 6.45) is 4.53. The number of rotatable bonds is 7. The molecule has 0 aromatic carbocycles. The van der Waals surface area contributed by atoms with Gasteiger partial charge in [0.2, 0.25) is 11.8 Å². The Kier molecular flexibility index (Phi) is 7.99. The molecule has 6 nitrogen and oxygen atoms in total. The van der Waals surface area contributed by atoms with Gasteiger partial charge < -0.3 is 19.9 Å². The zero-order valence-electron chi connectivity index (χ0n) is 15.3. The number of nitrogens with zero attached hydrogens (tertiary/aromatic N) is 2. The van der Waals surface area contributed by atoms with Crippen LogP contribution in [0.25, 0.3) is 0 Å². The molecule has 0 bridgehead atoms.